The van der Waals surface area contributed by atoms with Crippen LogP contribution in [0.15, 0.2) is 47.1 Å². The summed E-state index contributed by atoms with van der Waals surface area (Å²) in [6.45, 7) is 0.654. The number of benzene rings is 1. The normalized spacial score (nSPS) is 17.3. The van der Waals surface area contributed by atoms with E-state index in [-0.39, 0.29) is 17.7 Å². The Labute approximate surface area is 145 Å². The molecule has 6 nitrogen and oxygen atoms in total. The zero-order chi connectivity index (χ0) is 17.4. The first-order valence-corrected chi connectivity index (χ1v) is 8.43. The SMILES string of the molecule is Cn1cc(C(=O)CC2CCCN2C(=O)c2cc3ccccc3o2)cn1. The minimum atomic E-state index is -0.141. The van der Waals surface area contributed by atoms with E-state index in [4.69, 9.17) is 4.42 Å². The summed E-state index contributed by atoms with van der Waals surface area (Å²) in [7, 11) is 1.78. The van der Waals surface area contributed by atoms with E-state index in [0.717, 1.165) is 18.2 Å². The Balaban J connectivity index is 1.52. The van der Waals surface area contributed by atoms with Crippen LogP contribution in [0.1, 0.15) is 40.2 Å². The first-order valence-electron chi connectivity index (χ1n) is 8.43. The molecule has 6 heteroatoms. The number of rotatable bonds is 4. The predicted molar refractivity (Wildman–Crippen MR) is 92.4 cm³/mol. The lowest BCUT2D eigenvalue weighted by atomic mass is 10.0. The Bertz CT molecular complexity index is 907. The van der Waals surface area contributed by atoms with Gasteiger partial charge in [0.2, 0.25) is 0 Å². The van der Waals surface area contributed by atoms with E-state index in [1.807, 2.05) is 24.3 Å². The molecule has 0 spiro atoms. The number of hydrogen-bond acceptors (Lipinski definition) is 4. The third-order valence-corrected chi connectivity index (χ3v) is 4.72. The van der Waals surface area contributed by atoms with Gasteiger partial charge in [0.25, 0.3) is 5.91 Å². The molecule has 3 heterocycles. The van der Waals surface area contributed by atoms with E-state index in [9.17, 15) is 9.59 Å². The molecule has 3 aromatic rings. The van der Waals surface area contributed by atoms with E-state index in [2.05, 4.69) is 5.10 Å². The summed E-state index contributed by atoms with van der Waals surface area (Å²) in [4.78, 5) is 27.1. The number of nitrogens with zero attached hydrogens (tertiary/aromatic N) is 3. The molecule has 1 fully saturated rings. The Morgan fingerprint density at radius 3 is 2.92 bits per heavy atom. The van der Waals surface area contributed by atoms with Crippen LogP contribution in [-0.2, 0) is 7.05 Å². The maximum absolute atomic E-state index is 12.9. The number of likely N-dealkylation sites (tertiary alicyclic amines) is 1. The summed E-state index contributed by atoms with van der Waals surface area (Å²) < 4.78 is 7.30. The fourth-order valence-electron chi connectivity index (χ4n) is 3.44. The molecule has 1 saturated heterocycles. The van der Waals surface area contributed by atoms with E-state index in [1.54, 1.807) is 35.1 Å². The Morgan fingerprint density at radius 2 is 2.16 bits per heavy atom. The molecule has 128 valence electrons. The average Bonchev–Trinajstić information content (AvgIpc) is 3.32. The molecule has 1 atom stereocenters. The number of amides is 1. The van der Waals surface area contributed by atoms with Crippen LogP contribution >= 0.6 is 0 Å². The lowest BCUT2D eigenvalue weighted by Crippen LogP contribution is -2.36. The number of carbonyl (C=O) groups excluding carboxylic acids is 2. The minimum Gasteiger partial charge on any atom is -0.451 e. The molecule has 0 bridgehead atoms. The van der Waals surface area contributed by atoms with Crippen LogP contribution in [0.2, 0.25) is 0 Å². The van der Waals surface area contributed by atoms with Crippen molar-refractivity contribution in [1.29, 1.82) is 0 Å². The molecular weight excluding hydrogens is 318 g/mol. The lowest BCUT2D eigenvalue weighted by Gasteiger charge is -2.23. The third-order valence-electron chi connectivity index (χ3n) is 4.72. The standard InChI is InChI=1S/C19H19N3O3/c1-21-12-14(11-20-21)16(23)10-15-6-4-8-22(15)19(24)18-9-13-5-2-3-7-17(13)25-18/h2-3,5,7,9,11-12,15H,4,6,8,10H2,1H3. The number of aromatic nitrogens is 2. The van der Waals surface area contributed by atoms with Crippen molar-refractivity contribution in [2.45, 2.75) is 25.3 Å². The van der Waals surface area contributed by atoms with Gasteiger partial charge in [-0.05, 0) is 25.0 Å². The third kappa shape index (κ3) is 2.95. The summed E-state index contributed by atoms with van der Waals surface area (Å²) in [6, 6.07) is 9.25. The highest BCUT2D eigenvalue weighted by atomic mass is 16.3. The van der Waals surface area contributed by atoms with E-state index < -0.39 is 0 Å². The summed E-state index contributed by atoms with van der Waals surface area (Å²) in [5.74, 6) is 0.210. The van der Waals surface area contributed by atoms with Crippen molar-refractivity contribution in [2.75, 3.05) is 6.54 Å². The zero-order valence-electron chi connectivity index (χ0n) is 14.0. The van der Waals surface area contributed by atoms with Crippen molar-refractivity contribution in [2.24, 2.45) is 7.05 Å². The largest absolute Gasteiger partial charge is 0.451 e. The van der Waals surface area contributed by atoms with Crippen LogP contribution < -0.4 is 0 Å². The molecule has 1 unspecified atom stereocenters. The first kappa shape index (κ1) is 15.6. The van der Waals surface area contributed by atoms with E-state index in [1.165, 1.54) is 0 Å². The Morgan fingerprint density at radius 1 is 1.32 bits per heavy atom. The van der Waals surface area contributed by atoms with Crippen LogP contribution in [0.4, 0.5) is 0 Å². The summed E-state index contributed by atoms with van der Waals surface area (Å²) in [5.41, 5.74) is 1.29. The number of aryl methyl sites for hydroxylation is 1. The monoisotopic (exact) mass is 337 g/mol. The second-order valence-corrected chi connectivity index (χ2v) is 6.47. The fraction of sp³-hybridized carbons (Fsp3) is 0.316. The van der Waals surface area contributed by atoms with Crippen LogP contribution in [0.5, 0.6) is 0 Å². The van der Waals surface area contributed by atoms with E-state index in [0.29, 0.717) is 29.9 Å². The molecule has 1 aliphatic rings. The molecule has 0 aliphatic carbocycles. The second kappa shape index (κ2) is 6.20. The molecule has 1 aliphatic heterocycles. The van der Waals surface area contributed by atoms with Crippen LogP contribution in [0.3, 0.4) is 0 Å². The predicted octanol–water partition coefficient (Wildman–Crippen LogP) is 3.04. The van der Waals surface area contributed by atoms with Crippen LogP contribution in [-0.4, -0.2) is 39.0 Å². The topological polar surface area (TPSA) is 68.3 Å². The quantitative estimate of drug-likeness (QED) is 0.686. The molecule has 1 amide bonds. The van der Waals surface area contributed by atoms with Gasteiger partial charge >= 0.3 is 0 Å². The lowest BCUT2D eigenvalue weighted by molar-refractivity contribution is 0.0689. The second-order valence-electron chi connectivity index (χ2n) is 6.47. The molecule has 0 saturated carbocycles. The van der Waals surface area contributed by atoms with Gasteiger partial charge in [-0.3, -0.25) is 14.3 Å². The van der Waals surface area contributed by atoms with Gasteiger partial charge in [0.1, 0.15) is 5.58 Å². The smallest absolute Gasteiger partial charge is 0.289 e. The number of ketones is 1. The molecule has 0 N–H and O–H groups in total. The molecule has 2 aromatic heterocycles. The Hall–Kier alpha value is -2.89. The molecule has 4 rings (SSSR count). The van der Waals surface area contributed by atoms with Crippen molar-refractivity contribution < 1.29 is 14.0 Å². The highest BCUT2D eigenvalue weighted by Gasteiger charge is 2.32. The number of para-hydroxylation sites is 1. The molecule has 25 heavy (non-hydrogen) atoms. The van der Waals surface area contributed by atoms with Gasteiger partial charge in [-0.25, -0.2) is 0 Å². The van der Waals surface area contributed by atoms with Gasteiger partial charge in [0.15, 0.2) is 11.5 Å². The van der Waals surface area contributed by atoms with Crippen LogP contribution in [0, 0.1) is 0 Å². The van der Waals surface area contributed by atoms with Gasteiger partial charge in [-0.2, -0.15) is 5.10 Å². The number of furan rings is 1. The van der Waals surface area contributed by atoms with Gasteiger partial charge in [0, 0.05) is 37.6 Å². The maximum atomic E-state index is 12.9. The van der Waals surface area contributed by atoms with Crippen molar-refractivity contribution in [3.8, 4) is 0 Å². The van der Waals surface area contributed by atoms with Gasteiger partial charge in [-0.15, -0.1) is 0 Å². The molecule has 0 radical (unpaired) electrons. The van der Waals surface area contributed by atoms with Crippen molar-refractivity contribution >= 4 is 22.7 Å². The summed E-state index contributed by atoms with van der Waals surface area (Å²) in [6.07, 6.45) is 5.33. The zero-order valence-corrected chi connectivity index (χ0v) is 14.0. The molecular formula is C19H19N3O3. The van der Waals surface area contributed by atoms with Crippen molar-refractivity contribution in [1.82, 2.24) is 14.7 Å². The van der Waals surface area contributed by atoms with Gasteiger partial charge in [-0.1, -0.05) is 18.2 Å². The van der Waals surface area contributed by atoms with Crippen molar-refractivity contribution in [3.05, 3.63) is 54.0 Å². The fourth-order valence-corrected chi connectivity index (χ4v) is 3.44. The van der Waals surface area contributed by atoms with E-state index >= 15 is 0 Å². The van der Waals surface area contributed by atoms with Crippen molar-refractivity contribution in [3.63, 3.8) is 0 Å². The van der Waals surface area contributed by atoms with Gasteiger partial charge in [0.05, 0.1) is 11.8 Å². The van der Waals surface area contributed by atoms with Crippen LogP contribution in [0.25, 0.3) is 11.0 Å². The number of hydrogen-bond donors (Lipinski definition) is 0. The number of Topliss-reactive ketones (excluding diaryl/α,β-unsaturated/α-hetero) is 1. The first-order chi connectivity index (χ1) is 12.1. The highest BCUT2D eigenvalue weighted by Crippen LogP contribution is 2.26. The molecule has 1 aromatic carbocycles. The highest BCUT2D eigenvalue weighted by molar-refractivity contribution is 5.98. The Kier molecular flexibility index (Phi) is 3.87. The van der Waals surface area contributed by atoms with Gasteiger partial charge < -0.3 is 9.32 Å². The summed E-state index contributed by atoms with van der Waals surface area (Å²) >= 11 is 0. The minimum absolute atomic E-state index is 0.0161. The number of carbonyl (C=O) groups is 2. The number of fused-ring (bicyclic) bond motifs is 1. The average molecular weight is 337 g/mol. The maximum Gasteiger partial charge on any atom is 0.289 e. The summed E-state index contributed by atoms with van der Waals surface area (Å²) in [5, 5.41) is 4.95.